The van der Waals surface area contributed by atoms with Crippen molar-refractivity contribution in [3.63, 3.8) is 0 Å². The van der Waals surface area contributed by atoms with Gasteiger partial charge in [0.05, 0.1) is 11.9 Å². The quantitative estimate of drug-likeness (QED) is 0.794. The average Bonchev–Trinajstić information content (AvgIpc) is 2.70. The molecule has 4 heteroatoms. The Bertz CT molecular complexity index is 426. The van der Waals surface area contributed by atoms with Crippen LogP contribution in [0.25, 0.3) is 11.5 Å². The first kappa shape index (κ1) is 8.74. The second kappa shape index (κ2) is 3.49. The summed E-state index contributed by atoms with van der Waals surface area (Å²) in [6.45, 7) is 0. The van der Waals surface area contributed by atoms with Gasteiger partial charge < -0.3 is 9.73 Å². The topological polar surface area (TPSA) is 38.1 Å². The van der Waals surface area contributed by atoms with Crippen LogP contribution in [0.4, 0.5) is 10.1 Å². The molecule has 0 saturated carbocycles. The van der Waals surface area contributed by atoms with Gasteiger partial charge in [-0.3, -0.25) is 0 Å². The molecule has 2 aromatic rings. The van der Waals surface area contributed by atoms with E-state index >= 15 is 0 Å². The number of aromatic nitrogens is 1. The van der Waals surface area contributed by atoms with E-state index < -0.39 is 0 Å². The third-order valence-corrected chi connectivity index (χ3v) is 1.92. The maximum Gasteiger partial charge on any atom is 0.225 e. The maximum absolute atomic E-state index is 13.3. The van der Waals surface area contributed by atoms with Crippen LogP contribution in [0.2, 0.25) is 0 Å². The molecule has 14 heavy (non-hydrogen) atoms. The van der Waals surface area contributed by atoms with Crippen LogP contribution < -0.4 is 5.32 Å². The molecule has 0 atom stereocenters. The average molecular weight is 192 g/mol. The van der Waals surface area contributed by atoms with Gasteiger partial charge in [0.1, 0.15) is 12.1 Å². The van der Waals surface area contributed by atoms with E-state index in [9.17, 15) is 4.39 Å². The Morgan fingerprint density at radius 3 is 2.86 bits per heavy atom. The molecule has 2 rings (SSSR count). The molecule has 0 aliphatic rings. The number of oxazole rings is 1. The molecule has 1 aromatic carbocycles. The van der Waals surface area contributed by atoms with Crippen LogP contribution in [0.15, 0.2) is 35.1 Å². The van der Waals surface area contributed by atoms with Crippen LogP contribution >= 0.6 is 0 Å². The zero-order chi connectivity index (χ0) is 9.97. The fraction of sp³-hybridized carbons (Fsp3) is 0.100. The summed E-state index contributed by atoms with van der Waals surface area (Å²) in [6, 6.07) is 4.78. The highest BCUT2D eigenvalue weighted by Crippen LogP contribution is 2.22. The Balaban J connectivity index is 2.43. The van der Waals surface area contributed by atoms with E-state index in [1.807, 2.05) is 0 Å². The van der Waals surface area contributed by atoms with Crippen molar-refractivity contribution in [1.82, 2.24) is 4.98 Å². The van der Waals surface area contributed by atoms with Gasteiger partial charge in [0.2, 0.25) is 5.89 Å². The van der Waals surface area contributed by atoms with Crippen molar-refractivity contribution in [3.05, 3.63) is 36.5 Å². The van der Waals surface area contributed by atoms with Gasteiger partial charge in [0.15, 0.2) is 0 Å². The van der Waals surface area contributed by atoms with Crippen molar-refractivity contribution in [2.45, 2.75) is 0 Å². The highest BCUT2D eigenvalue weighted by Gasteiger charge is 2.06. The molecule has 0 aliphatic carbocycles. The number of hydrogen-bond acceptors (Lipinski definition) is 3. The summed E-state index contributed by atoms with van der Waals surface area (Å²) in [7, 11) is 1.67. The lowest BCUT2D eigenvalue weighted by molar-refractivity contribution is 0.572. The second-order valence-corrected chi connectivity index (χ2v) is 2.78. The number of nitrogens with zero attached hydrogens (tertiary/aromatic N) is 1. The van der Waals surface area contributed by atoms with Gasteiger partial charge in [-0.2, -0.15) is 0 Å². The van der Waals surface area contributed by atoms with Crippen LogP contribution in [0.1, 0.15) is 0 Å². The van der Waals surface area contributed by atoms with Gasteiger partial charge in [0, 0.05) is 12.6 Å². The molecule has 1 N–H and O–H groups in total. The lowest BCUT2D eigenvalue weighted by Crippen LogP contribution is -1.92. The van der Waals surface area contributed by atoms with E-state index in [1.54, 1.807) is 19.2 Å². The zero-order valence-electron chi connectivity index (χ0n) is 7.62. The Kier molecular flexibility index (Phi) is 2.18. The molecule has 0 fully saturated rings. The van der Waals surface area contributed by atoms with Crippen molar-refractivity contribution in [2.75, 3.05) is 12.4 Å². The van der Waals surface area contributed by atoms with E-state index in [-0.39, 0.29) is 5.82 Å². The maximum atomic E-state index is 13.3. The predicted octanol–water partition coefficient (Wildman–Crippen LogP) is 2.52. The molecule has 0 saturated heterocycles. The molecule has 0 unspecified atom stereocenters. The fourth-order valence-electron chi connectivity index (χ4n) is 1.22. The highest BCUT2D eigenvalue weighted by molar-refractivity contribution is 5.58. The molecular weight excluding hydrogens is 183 g/mol. The smallest absolute Gasteiger partial charge is 0.225 e. The predicted molar refractivity (Wildman–Crippen MR) is 51.4 cm³/mol. The molecule has 0 aliphatic heterocycles. The summed E-state index contributed by atoms with van der Waals surface area (Å²) in [6.07, 6.45) is 2.98. The first-order chi connectivity index (χ1) is 6.81. The number of halogens is 1. The lowest BCUT2D eigenvalue weighted by atomic mass is 10.2. The molecule has 72 valence electrons. The number of nitrogens with one attached hydrogen (secondary N) is 1. The molecule has 0 amide bonds. The normalized spacial score (nSPS) is 10.1. The van der Waals surface area contributed by atoms with Crippen LogP contribution in [-0.2, 0) is 0 Å². The Hall–Kier alpha value is -1.84. The third kappa shape index (κ3) is 1.46. The van der Waals surface area contributed by atoms with Crippen molar-refractivity contribution >= 4 is 5.69 Å². The summed E-state index contributed by atoms with van der Waals surface area (Å²) >= 11 is 0. The summed E-state index contributed by atoms with van der Waals surface area (Å²) in [4.78, 5) is 3.93. The number of hydrogen-bond donors (Lipinski definition) is 1. The van der Waals surface area contributed by atoms with Crippen molar-refractivity contribution in [2.24, 2.45) is 0 Å². The second-order valence-electron chi connectivity index (χ2n) is 2.78. The van der Waals surface area contributed by atoms with Gasteiger partial charge in [-0.25, -0.2) is 9.37 Å². The van der Waals surface area contributed by atoms with Gasteiger partial charge >= 0.3 is 0 Å². The summed E-state index contributed by atoms with van der Waals surface area (Å²) < 4.78 is 18.4. The van der Waals surface area contributed by atoms with Crippen LogP contribution in [0.3, 0.4) is 0 Å². The summed E-state index contributed by atoms with van der Waals surface area (Å²) in [5, 5.41) is 2.74. The Labute approximate surface area is 80.6 Å². The Morgan fingerprint density at radius 2 is 2.29 bits per heavy atom. The van der Waals surface area contributed by atoms with E-state index in [0.29, 0.717) is 17.1 Å². The molecule has 0 bridgehead atoms. The van der Waals surface area contributed by atoms with Gasteiger partial charge in [-0.05, 0) is 18.2 Å². The van der Waals surface area contributed by atoms with Crippen molar-refractivity contribution < 1.29 is 8.81 Å². The monoisotopic (exact) mass is 192 g/mol. The summed E-state index contributed by atoms with van der Waals surface area (Å²) in [5.74, 6) is 0.106. The minimum absolute atomic E-state index is 0.316. The van der Waals surface area contributed by atoms with E-state index in [4.69, 9.17) is 4.42 Å². The Morgan fingerprint density at radius 1 is 1.43 bits per heavy atom. The minimum atomic E-state index is -0.316. The molecule has 1 heterocycles. The van der Waals surface area contributed by atoms with Gasteiger partial charge in [0.25, 0.3) is 0 Å². The number of rotatable bonds is 2. The van der Waals surface area contributed by atoms with Crippen LogP contribution in [0.5, 0.6) is 0 Å². The van der Waals surface area contributed by atoms with Crippen molar-refractivity contribution in [1.29, 1.82) is 0 Å². The number of anilines is 1. The molecule has 0 radical (unpaired) electrons. The van der Waals surface area contributed by atoms with Gasteiger partial charge in [-0.15, -0.1) is 0 Å². The van der Waals surface area contributed by atoms with Crippen molar-refractivity contribution in [3.8, 4) is 11.5 Å². The lowest BCUT2D eigenvalue weighted by Gasteiger charge is -2.02. The highest BCUT2D eigenvalue weighted by atomic mass is 19.1. The standard InChI is InChI=1S/C10H9FN2O/c1-12-9-3-2-7(6-8(9)11)10-13-4-5-14-10/h2-6,12H,1H3. The first-order valence-corrected chi connectivity index (χ1v) is 4.18. The van der Waals surface area contributed by atoms with Crippen LogP contribution in [-0.4, -0.2) is 12.0 Å². The van der Waals surface area contributed by atoms with E-state index in [1.165, 1.54) is 18.5 Å². The molecule has 3 nitrogen and oxygen atoms in total. The van der Waals surface area contributed by atoms with Gasteiger partial charge in [-0.1, -0.05) is 0 Å². The number of benzene rings is 1. The van der Waals surface area contributed by atoms with Crippen LogP contribution in [0, 0.1) is 5.82 Å². The van der Waals surface area contributed by atoms with E-state index in [0.717, 1.165) is 0 Å². The molecule has 1 aromatic heterocycles. The third-order valence-electron chi connectivity index (χ3n) is 1.92. The summed E-state index contributed by atoms with van der Waals surface area (Å²) in [5.41, 5.74) is 1.09. The molecule has 0 spiro atoms. The zero-order valence-corrected chi connectivity index (χ0v) is 7.62. The van der Waals surface area contributed by atoms with E-state index in [2.05, 4.69) is 10.3 Å². The first-order valence-electron chi connectivity index (χ1n) is 4.18. The molecular formula is C10H9FN2O. The fourth-order valence-corrected chi connectivity index (χ4v) is 1.22. The largest absolute Gasteiger partial charge is 0.445 e. The minimum Gasteiger partial charge on any atom is -0.445 e. The SMILES string of the molecule is CNc1ccc(-c2ncco2)cc1F.